The lowest BCUT2D eigenvalue weighted by Gasteiger charge is -2.15. The largest absolute Gasteiger partial charge is 0.490 e. The van der Waals surface area contributed by atoms with Gasteiger partial charge in [0.25, 0.3) is 5.91 Å². The maximum absolute atomic E-state index is 12.8. The molecule has 1 saturated carbocycles. The van der Waals surface area contributed by atoms with Gasteiger partial charge in [0, 0.05) is 22.9 Å². The number of unbranched alkanes of at least 4 members (excludes halogenated alkanes) is 1. The molecule has 0 aliphatic heterocycles. The van der Waals surface area contributed by atoms with Crippen LogP contribution in [0.25, 0.3) is 0 Å². The van der Waals surface area contributed by atoms with Crippen molar-refractivity contribution in [2.24, 2.45) is 5.92 Å². The zero-order valence-electron chi connectivity index (χ0n) is 17.3. The first-order chi connectivity index (χ1) is 14.5. The molecular weight excluding hydrogens is 404 g/mol. The van der Waals surface area contributed by atoms with Crippen LogP contribution in [0.1, 0.15) is 49.9 Å². The monoisotopic (exact) mass is 430 g/mol. The Balaban J connectivity index is 1.73. The van der Waals surface area contributed by atoms with Crippen molar-refractivity contribution in [3.8, 4) is 11.5 Å². The lowest BCUT2D eigenvalue weighted by atomic mass is 10.1. The van der Waals surface area contributed by atoms with Gasteiger partial charge in [-0.1, -0.05) is 31.0 Å². The highest BCUT2D eigenvalue weighted by Crippen LogP contribution is 2.37. The molecule has 0 heterocycles. The number of hydrogen-bond acceptors (Lipinski definition) is 4. The molecule has 2 aromatic rings. The van der Waals surface area contributed by atoms with Crippen molar-refractivity contribution in [1.82, 2.24) is 0 Å². The molecule has 0 spiro atoms. The average Bonchev–Trinajstić information content (AvgIpc) is 3.56. The Morgan fingerprint density at radius 2 is 1.80 bits per heavy atom. The van der Waals surface area contributed by atoms with Crippen LogP contribution in [0.4, 0.5) is 11.4 Å². The summed E-state index contributed by atoms with van der Waals surface area (Å²) in [7, 11) is 0. The molecule has 1 aliphatic rings. The van der Waals surface area contributed by atoms with Crippen LogP contribution >= 0.6 is 11.6 Å². The van der Waals surface area contributed by atoms with E-state index in [0.717, 1.165) is 25.7 Å². The molecule has 0 unspecified atom stereocenters. The molecule has 6 nitrogen and oxygen atoms in total. The number of halogens is 1. The average molecular weight is 431 g/mol. The summed E-state index contributed by atoms with van der Waals surface area (Å²) in [6.07, 6.45) is 3.77. The standard InChI is InChI=1S/C23H27ClN2O4/c1-3-5-11-30-21-19(24)12-16(13-20(21)29-4-2)23(28)26-18-8-6-7-17(14-18)25-22(27)15-9-10-15/h6-8,12-15H,3-5,9-11H2,1-2H3,(H,25,27)(H,26,28). The zero-order valence-corrected chi connectivity index (χ0v) is 18.1. The predicted octanol–water partition coefficient (Wildman–Crippen LogP) is 5.52. The molecular formula is C23H27ClN2O4. The van der Waals surface area contributed by atoms with Crippen LogP contribution in [0.15, 0.2) is 36.4 Å². The molecule has 30 heavy (non-hydrogen) atoms. The van der Waals surface area contributed by atoms with Gasteiger partial charge in [-0.25, -0.2) is 0 Å². The number of ether oxygens (including phenoxy) is 2. The molecule has 0 atom stereocenters. The number of nitrogens with one attached hydrogen (secondary N) is 2. The molecule has 160 valence electrons. The van der Waals surface area contributed by atoms with E-state index in [-0.39, 0.29) is 17.7 Å². The van der Waals surface area contributed by atoms with Gasteiger partial charge < -0.3 is 20.1 Å². The fraction of sp³-hybridized carbons (Fsp3) is 0.391. The van der Waals surface area contributed by atoms with Crippen LogP contribution in [0.3, 0.4) is 0 Å². The minimum Gasteiger partial charge on any atom is -0.490 e. The third kappa shape index (κ3) is 5.89. The lowest BCUT2D eigenvalue weighted by Crippen LogP contribution is -2.15. The number of carbonyl (C=O) groups is 2. The van der Waals surface area contributed by atoms with Crippen molar-refractivity contribution < 1.29 is 19.1 Å². The van der Waals surface area contributed by atoms with E-state index in [1.165, 1.54) is 0 Å². The first-order valence-corrected chi connectivity index (χ1v) is 10.7. The van der Waals surface area contributed by atoms with Crippen molar-refractivity contribution in [3.05, 3.63) is 47.0 Å². The maximum atomic E-state index is 12.8. The maximum Gasteiger partial charge on any atom is 0.255 e. The Morgan fingerprint density at radius 3 is 2.47 bits per heavy atom. The summed E-state index contributed by atoms with van der Waals surface area (Å²) in [4.78, 5) is 24.7. The highest BCUT2D eigenvalue weighted by atomic mass is 35.5. The van der Waals surface area contributed by atoms with Crippen molar-refractivity contribution in [2.75, 3.05) is 23.8 Å². The van der Waals surface area contributed by atoms with E-state index in [1.807, 2.05) is 6.92 Å². The Bertz CT molecular complexity index is 912. The van der Waals surface area contributed by atoms with Crippen LogP contribution in [0.5, 0.6) is 11.5 Å². The molecule has 1 fully saturated rings. The fourth-order valence-corrected chi connectivity index (χ4v) is 3.15. The second-order valence-electron chi connectivity index (χ2n) is 7.22. The van der Waals surface area contributed by atoms with Crippen molar-refractivity contribution >= 4 is 34.8 Å². The summed E-state index contributed by atoms with van der Waals surface area (Å²) in [5.41, 5.74) is 1.59. The van der Waals surface area contributed by atoms with Crippen molar-refractivity contribution in [3.63, 3.8) is 0 Å². The van der Waals surface area contributed by atoms with Gasteiger partial charge in [0.05, 0.1) is 18.2 Å². The SMILES string of the molecule is CCCCOc1c(Cl)cc(C(=O)Nc2cccc(NC(=O)C3CC3)c2)cc1OCC. The number of rotatable bonds is 10. The Hall–Kier alpha value is -2.73. The van der Waals surface area contributed by atoms with Gasteiger partial charge in [0.15, 0.2) is 11.5 Å². The summed E-state index contributed by atoms with van der Waals surface area (Å²) in [5.74, 6) is 0.694. The van der Waals surface area contributed by atoms with E-state index in [2.05, 4.69) is 17.6 Å². The normalized spacial score (nSPS) is 12.9. The summed E-state index contributed by atoms with van der Waals surface area (Å²) in [6, 6.07) is 10.3. The van der Waals surface area contributed by atoms with Gasteiger partial charge in [0.1, 0.15) is 0 Å². The van der Waals surface area contributed by atoms with Gasteiger partial charge in [-0.15, -0.1) is 0 Å². The first kappa shape index (κ1) is 22.0. The van der Waals surface area contributed by atoms with Gasteiger partial charge in [0.2, 0.25) is 5.91 Å². The molecule has 2 aromatic carbocycles. The highest BCUT2D eigenvalue weighted by molar-refractivity contribution is 6.32. The second kappa shape index (κ2) is 10.3. The minimum atomic E-state index is -0.330. The Labute approximate surface area is 181 Å². The number of hydrogen-bond donors (Lipinski definition) is 2. The van der Waals surface area contributed by atoms with Crippen LogP contribution in [0, 0.1) is 5.92 Å². The summed E-state index contributed by atoms with van der Waals surface area (Å²) >= 11 is 6.38. The Kier molecular flexibility index (Phi) is 7.57. The molecule has 2 N–H and O–H groups in total. The summed E-state index contributed by atoms with van der Waals surface area (Å²) in [5, 5.41) is 6.04. The van der Waals surface area contributed by atoms with Crippen LogP contribution in [-0.4, -0.2) is 25.0 Å². The molecule has 0 saturated heterocycles. The number of amides is 2. The molecule has 1 aliphatic carbocycles. The first-order valence-electron chi connectivity index (χ1n) is 10.3. The lowest BCUT2D eigenvalue weighted by molar-refractivity contribution is -0.117. The van der Waals surface area contributed by atoms with E-state index in [4.69, 9.17) is 21.1 Å². The summed E-state index contributed by atoms with van der Waals surface area (Å²) < 4.78 is 11.4. The molecule has 0 bridgehead atoms. The van der Waals surface area contributed by atoms with Gasteiger partial charge in [-0.2, -0.15) is 0 Å². The summed E-state index contributed by atoms with van der Waals surface area (Å²) in [6.45, 7) is 4.89. The van der Waals surface area contributed by atoms with Crippen molar-refractivity contribution in [1.29, 1.82) is 0 Å². The molecule has 3 rings (SSSR count). The fourth-order valence-electron chi connectivity index (χ4n) is 2.89. The van der Waals surface area contributed by atoms with Gasteiger partial charge >= 0.3 is 0 Å². The molecule has 7 heteroatoms. The van der Waals surface area contributed by atoms with Gasteiger partial charge in [-0.3, -0.25) is 9.59 Å². The van der Waals surface area contributed by atoms with Gasteiger partial charge in [-0.05, 0) is 56.5 Å². The Morgan fingerprint density at radius 1 is 1.07 bits per heavy atom. The van der Waals surface area contributed by atoms with E-state index in [9.17, 15) is 9.59 Å². The predicted molar refractivity (Wildman–Crippen MR) is 119 cm³/mol. The van der Waals surface area contributed by atoms with Crippen LogP contribution in [0.2, 0.25) is 5.02 Å². The molecule has 0 radical (unpaired) electrons. The highest BCUT2D eigenvalue weighted by Gasteiger charge is 2.29. The number of anilines is 2. The van der Waals surface area contributed by atoms with Crippen LogP contribution < -0.4 is 20.1 Å². The van der Waals surface area contributed by atoms with E-state index in [0.29, 0.717) is 46.7 Å². The molecule has 2 amide bonds. The van der Waals surface area contributed by atoms with Crippen molar-refractivity contribution in [2.45, 2.75) is 39.5 Å². The van der Waals surface area contributed by atoms with Crippen LogP contribution in [-0.2, 0) is 4.79 Å². The number of carbonyl (C=O) groups excluding carboxylic acids is 2. The third-order valence-electron chi connectivity index (χ3n) is 4.65. The minimum absolute atomic E-state index is 0.0188. The smallest absolute Gasteiger partial charge is 0.255 e. The number of benzene rings is 2. The second-order valence-corrected chi connectivity index (χ2v) is 7.63. The zero-order chi connectivity index (χ0) is 21.5. The van der Waals surface area contributed by atoms with E-state index in [1.54, 1.807) is 36.4 Å². The quantitative estimate of drug-likeness (QED) is 0.486. The third-order valence-corrected chi connectivity index (χ3v) is 4.93. The molecule has 0 aromatic heterocycles. The van der Waals surface area contributed by atoms with E-state index >= 15 is 0 Å². The van der Waals surface area contributed by atoms with E-state index < -0.39 is 0 Å². The topological polar surface area (TPSA) is 76.7 Å².